The highest BCUT2D eigenvalue weighted by molar-refractivity contribution is 5.29. The predicted molar refractivity (Wildman–Crippen MR) is 94.0 cm³/mol. The van der Waals surface area contributed by atoms with Gasteiger partial charge in [0.2, 0.25) is 0 Å². The first-order valence-corrected chi connectivity index (χ1v) is 9.07. The smallest absolute Gasteiger partial charge is 0.313 e. The maximum absolute atomic E-state index is 12.9. The van der Waals surface area contributed by atoms with E-state index in [1.54, 1.807) is 12.1 Å². The minimum atomic E-state index is -4.28. The Morgan fingerprint density at radius 3 is 2.08 bits per heavy atom. The van der Waals surface area contributed by atoms with Crippen LogP contribution < -0.4 is 5.32 Å². The number of nitrogens with zero attached hydrogens (tertiary/aromatic N) is 1. The summed E-state index contributed by atoms with van der Waals surface area (Å²) < 4.78 is 38.8. The summed E-state index contributed by atoms with van der Waals surface area (Å²) in [7, 11) is 0. The SMILES string of the molecule is CCCCN(CCCC)CCCNCc1ccccc1C(F)(F)F. The third-order valence-corrected chi connectivity index (χ3v) is 4.12. The molecule has 0 amide bonds. The van der Waals surface area contributed by atoms with Crippen LogP contribution in [0.1, 0.15) is 57.1 Å². The van der Waals surface area contributed by atoms with E-state index in [9.17, 15) is 13.2 Å². The molecule has 0 aliphatic heterocycles. The van der Waals surface area contributed by atoms with Gasteiger partial charge in [-0.25, -0.2) is 0 Å². The van der Waals surface area contributed by atoms with Crippen molar-refractivity contribution in [3.05, 3.63) is 35.4 Å². The highest BCUT2D eigenvalue weighted by Gasteiger charge is 2.32. The maximum atomic E-state index is 12.9. The van der Waals surface area contributed by atoms with Crippen LogP contribution in [-0.2, 0) is 12.7 Å². The fourth-order valence-electron chi connectivity index (χ4n) is 2.70. The van der Waals surface area contributed by atoms with Gasteiger partial charge in [0, 0.05) is 6.54 Å². The monoisotopic (exact) mass is 344 g/mol. The van der Waals surface area contributed by atoms with Gasteiger partial charge in [0.1, 0.15) is 0 Å². The van der Waals surface area contributed by atoms with E-state index < -0.39 is 11.7 Å². The van der Waals surface area contributed by atoms with Gasteiger partial charge in [-0.15, -0.1) is 0 Å². The molecule has 0 spiro atoms. The molecular weight excluding hydrogens is 313 g/mol. The summed E-state index contributed by atoms with van der Waals surface area (Å²) in [4.78, 5) is 2.47. The van der Waals surface area contributed by atoms with Gasteiger partial charge in [0.25, 0.3) is 0 Å². The second kappa shape index (κ2) is 11.5. The second-order valence-electron chi connectivity index (χ2n) is 6.23. The van der Waals surface area contributed by atoms with E-state index in [1.807, 2.05) is 0 Å². The largest absolute Gasteiger partial charge is 0.416 e. The molecule has 0 saturated carbocycles. The number of rotatable bonds is 12. The fourth-order valence-corrected chi connectivity index (χ4v) is 2.70. The number of nitrogens with one attached hydrogen (secondary N) is 1. The van der Waals surface area contributed by atoms with E-state index in [4.69, 9.17) is 0 Å². The molecule has 0 aliphatic rings. The molecule has 1 aromatic rings. The minimum absolute atomic E-state index is 0.263. The molecule has 0 radical (unpaired) electrons. The summed E-state index contributed by atoms with van der Waals surface area (Å²) in [5.74, 6) is 0. The van der Waals surface area contributed by atoms with Gasteiger partial charge in [-0.05, 0) is 57.1 Å². The fraction of sp³-hybridized carbons (Fsp3) is 0.684. The zero-order chi connectivity index (χ0) is 17.8. The Morgan fingerprint density at radius 2 is 1.50 bits per heavy atom. The molecule has 0 bridgehead atoms. The lowest BCUT2D eigenvalue weighted by atomic mass is 10.1. The normalized spacial score (nSPS) is 12.1. The lowest BCUT2D eigenvalue weighted by molar-refractivity contribution is -0.138. The Morgan fingerprint density at radius 1 is 0.917 bits per heavy atom. The van der Waals surface area contributed by atoms with Crippen LogP contribution in [0.2, 0.25) is 0 Å². The van der Waals surface area contributed by atoms with Crippen molar-refractivity contribution in [2.75, 3.05) is 26.2 Å². The van der Waals surface area contributed by atoms with Gasteiger partial charge < -0.3 is 10.2 Å². The third kappa shape index (κ3) is 8.15. The van der Waals surface area contributed by atoms with Crippen molar-refractivity contribution < 1.29 is 13.2 Å². The summed E-state index contributed by atoms with van der Waals surface area (Å²) in [5, 5.41) is 3.16. The van der Waals surface area contributed by atoms with Crippen molar-refractivity contribution in [3.8, 4) is 0 Å². The second-order valence-corrected chi connectivity index (χ2v) is 6.23. The molecule has 1 rings (SSSR count). The van der Waals surface area contributed by atoms with Crippen LogP contribution in [0.4, 0.5) is 13.2 Å². The van der Waals surface area contributed by atoms with E-state index in [2.05, 4.69) is 24.1 Å². The summed E-state index contributed by atoms with van der Waals surface area (Å²) in [6.07, 6.45) is 1.47. The highest BCUT2D eigenvalue weighted by atomic mass is 19.4. The Kier molecular flexibility index (Phi) is 10.0. The lowest BCUT2D eigenvalue weighted by Gasteiger charge is -2.22. The molecule has 138 valence electrons. The molecule has 0 atom stereocenters. The summed E-state index contributed by atoms with van der Waals surface area (Å²) in [6.45, 7) is 8.63. The van der Waals surface area contributed by atoms with Gasteiger partial charge in [-0.2, -0.15) is 13.2 Å². The van der Waals surface area contributed by atoms with Crippen LogP contribution in [0.25, 0.3) is 0 Å². The first-order chi connectivity index (χ1) is 11.5. The summed E-state index contributed by atoms with van der Waals surface area (Å²) in [6, 6.07) is 5.79. The molecule has 0 heterocycles. The van der Waals surface area contributed by atoms with Crippen LogP contribution in [0.3, 0.4) is 0 Å². The minimum Gasteiger partial charge on any atom is -0.313 e. The van der Waals surface area contributed by atoms with Crippen molar-refractivity contribution in [2.45, 2.75) is 58.7 Å². The van der Waals surface area contributed by atoms with Crippen LogP contribution in [-0.4, -0.2) is 31.1 Å². The lowest BCUT2D eigenvalue weighted by Crippen LogP contribution is -2.29. The molecular formula is C19H31F3N2. The number of unbranched alkanes of at least 4 members (excludes halogenated alkanes) is 2. The first-order valence-electron chi connectivity index (χ1n) is 9.07. The van der Waals surface area contributed by atoms with E-state index in [0.717, 1.165) is 38.7 Å². The number of alkyl halides is 3. The summed E-state index contributed by atoms with van der Waals surface area (Å²) in [5.41, 5.74) is -0.219. The topological polar surface area (TPSA) is 15.3 Å². The number of halogens is 3. The van der Waals surface area contributed by atoms with E-state index >= 15 is 0 Å². The van der Waals surface area contributed by atoms with Crippen molar-refractivity contribution in [3.63, 3.8) is 0 Å². The van der Waals surface area contributed by atoms with E-state index in [-0.39, 0.29) is 6.54 Å². The van der Waals surface area contributed by atoms with Crippen molar-refractivity contribution >= 4 is 0 Å². The Bertz CT molecular complexity index is 438. The molecule has 0 saturated heterocycles. The average molecular weight is 344 g/mol. The van der Waals surface area contributed by atoms with E-state index in [1.165, 1.54) is 31.7 Å². The molecule has 1 N–H and O–H groups in total. The number of hydrogen-bond acceptors (Lipinski definition) is 2. The van der Waals surface area contributed by atoms with Gasteiger partial charge >= 0.3 is 6.18 Å². The molecule has 0 unspecified atom stereocenters. The Labute approximate surface area is 144 Å². The molecule has 0 aromatic heterocycles. The zero-order valence-corrected chi connectivity index (χ0v) is 15.0. The highest BCUT2D eigenvalue weighted by Crippen LogP contribution is 2.31. The van der Waals surface area contributed by atoms with Crippen LogP contribution in [0.15, 0.2) is 24.3 Å². The average Bonchev–Trinajstić information content (AvgIpc) is 2.55. The first kappa shape index (κ1) is 21.0. The maximum Gasteiger partial charge on any atom is 0.416 e. The standard InChI is InChI=1S/C19H31F3N2/c1-3-5-13-24(14-6-4-2)15-9-12-23-16-17-10-7-8-11-18(17)19(20,21)22/h7-8,10-11,23H,3-6,9,12-16H2,1-2H3. The van der Waals surface area contributed by atoms with Crippen LogP contribution in [0.5, 0.6) is 0 Å². The number of hydrogen-bond donors (Lipinski definition) is 1. The van der Waals surface area contributed by atoms with E-state index in [0.29, 0.717) is 5.56 Å². The zero-order valence-electron chi connectivity index (χ0n) is 15.0. The van der Waals surface area contributed by atoms with Crippen molar-refractivity contribution in [2.24, 2.45) is 0 Å². The van der Waals surface area contributed by atoms with Gasteiger partial charge in [-0.1, -0.05) is 44.9 Å². The van der Waals surface area contributed by atoms with Gasteiger partial charge in [-0.3, -0.25) is 0 Å². The van der Waals surface area contributed by atoms with Crippen molar-refractivity contribution in [1.82, 2.24) is 10.2 Å². The molecule has 1 aromatic carbocycles. The molecule has 2 nitrogen and oxygen atoms in total. The Hall–Kier alpha value is -1.07. The molecule has 5 heteroatoms. The quantitative estimate of drug-likeness (QED) is 0.532. The molecule has 24 heavy (non-hydrogen) atoms. The van der Waals surface area contributed by atoms with Gasteiger partial charge in [0.05, 0.1) is 5.56 Å². The van der Waals surface area contributed by atoms with Crippen molar-refractivity contribution in [1.29, 1.82) is 0 Å². The number of benzene rings is 1. The van der Waals surface area contributed by atoms with Crippen LogP contribution >= 0.6 is 0 Å². The third-order valence-electron chi connectivity index (χ3n) is 4.12. The van der Waals surface area contributed by atoms with Crippen LogP contribution in [0, 0.1) is 0 Å². The Balaban J connectivity index is 2.35. The molecule has 0 aliphatic carbocycles. The van der Waals surface area contributed by atoms with Gasteiger partial charge in [0.15, 0.2) is 0 Å². The predicted octanol–water partition coefficient (Wildman–Crippen LogP) is 5.09. The molecule has 0 fully saturated rings. The summed E-state index contributed by atoms with van der Waals surface area (Å²) >= 11 is 0.